The molecule has 1 saturated heterocycles. The molecule has 9 heteroatoms. The van der Waals surface area contributed by atoms with Gasteiger partial charge in [-0.3, -0.25) is 9.69 Å². The van der Waals surface area contributed by atoms with Crippen LogP contribution in [0.3, 0.4) is 0 Å². The lowest BCUT2D eigenvalue weighted by Crippen LogP contribution is -2.43. The molecule has 1 atom stereocenters. The second-order valence-corrected chi connectivity index (χ2v) is 7.48. The van der Waals surface area contributed by atoms with Gasteiger partial charge in [0.25, 0.3) is 5.91 Å². The van der Waals surface area contributed by atoms with Gasteiger partial charge in [0.2, 0.25) is 0 Å². The number of hydrogen-bond donors (Lipinski definition) is 2. The molecule has 0 saturated carbocycles. The molecule has 2 heterocycles. The lowest BCUT2D eigenvalue weighted by atomic mass is 10.0. The number of nitrogens with one attached hydrogen (secondary N) is 2. The molecule has 3 rings (SSSR count). The zero-order valence-corrected chi connectivity index (χ0v) is 18.1. The highest BCUT2D eigenvalue weighted by molar-refractivity contribution is 7.10. The average molecular weight is 421 g/mol. The van der Waals surface area contributed by atoms with Crippen LogP contribution in [-0.4, -0.2) is 69.3 Å². The first-order valence-electron chi connectivity index (χ1n) is 9.55. The van der Waals surface area contributed by atoms with E-state index in [0.717, 1.165) is 29.3 Å². The largest absolute Gasteiger partial charge is 0.493 e. The molecule has 1 aliphatic heterocycles. The number of hydrogen-bond acceptors (Lipinski definition) is 8. The Bertz CT molecular complexity index is 836. The summed E-state index contributed by atoms with van der Waals surface area (Å²) in [6, 6.07) is 5.88. The molecule has 1 aliphatic rings. The average Bonchev–Trinajstić information content (AvgIpc) is 3.14. The lowest BCUT2D eigenvalue weighted by molar-refractivity contribution is 0.0162. The van der Waals surface area contributed by atoms with Gasteiger partial charge in [-0.2, -0.15) is 4.37 Å². The molecule has 2 N–H and O–H groups in total. The van der Waals surface area contributed by atoms with Gasteiger partial charge in [-0.1, -0.05) is 6.07 Å². The van der Waals surface area contributed by atoms with Crippen molar-refractivity contribution in [3.05, 3.63) is 35.0 Å². The van der Waals surface area contributed by atoms with Crippen LogP contribution in [0.15, 0.2) is 18.2 Å². The minimum atomic E-state index is -0.126. The van der Waals surface area contributed by atoms with Crippen LogP contribution < -0.4 is 20.1 Å². The molecule has 1 unspecified atom stereocenters. The molecule has 0 bridgehead atoms. The van der Waals surface area contributed by atoms with E-state index in [0.29, 0.717) is 36.8 Å². The molecular weight excluding hydrogens is 392 g/mol. The van der Waals surface area contributed by atoms with Crippen molar-refractivity contribution < 1.29 is 19.0 Å². The number of morpholine rings is 1. The van der Waals surface area contributed by atoms with Crippen LogP contribution in [-0.2, 0) is 4.74 Å². The van der Waals surface area contributed by atoms with Crippen molar-refractivity contribution in [1.82, 2.24) is 14.6 Å². The summed E-state index contributed by atoms with van der Waals surface area (Å²) in [5.41, 5.74) is 2.38. The lowest BCUT2D eigenvalue weighted by Gasteiger charge is -2.35. The van der Waals surface area contributed by atoms with Crippen LogP contribution in [0.5, 0.6) is 11.5 Å². The second-order valence-electron chi connectivity index (χ2n) is 6.71. The van der Waals surface area contributed by atoms with Gasteiger partial charge < -0.3 is 24.8 Å². The summed E-state index contributed by atoms with van der Waals surface area (Å²) in [4.78, 5) is 15.2. The number of benzene rings is 1. The number of anilines is 1. The van der Waals surface area contributed by atoms with E-state index in [9.17, 15) is 4.79 Å². The second kappa shape index (κ2) is 9.91. The highest BCUT2D eigenvalue weighted by atomic mass is 32.1. The molecule has 1 fully saturated rings. The third kappa shape index (κ3) is 4.80. The highest BCUT2D eigenvalue weighted by Gasteiger charge is 2.26. The Morgan fingerprint density at radius 3 is 2.66 bits per heavy atom. The number of rotatable bonds is 8. The van der Waals surface area contributed by atoms with Crippen molar-refractivity contribution in [3.63, 3.8) is 0 Å². The van der Waals surface area contributed by atoms with E-state index in [1.54, 1.807) is 21.3 Å². The number of carbonyl (C=O) groups is 1. The summed E-state index contributed by atoms with van der Waals surface area (Å²) in [6.07, 6.45) is 0. The molecule has 1 aromatic heterocycles. The first-order valence-corrected chi connectivity index (χ1v) is 10.3. The zero-order chi connectivity index (χ0) is 20.8. The number of aryl methyl sites for hydroxylation is 1. The first-order chi connectivity index (χ1) is 14.1. The summed E-state index contributed by atoms with van der Waals surface area (Å²) in [5, 5.41) is 6.91. The SMILES string of the molecule is CNc1snc(C)c1C(=O)NCC(c1ccc(OC)c(OC)c1)N1CCOCC1. The Balaban J connectivity index is 1.82. The maximum absolute atomic E-state index is 12.9. The van der Waals surface area contributed by atoms with Gasteiger partial charge in [-0.05, 0) is 36.2 Å². The normalized spacial score (nSPS) is 15.6. The van der Waals surface area contributed by atoms with E-state index in [4.69, 9.17) is 14.2 Å². The van der Waals surface area contributed by atoms with Gasteiger partial charge in [0, 0.05) is 26.7 Å². The van der Waals surface area contributed by atoms with Crippen LogP contribution in [0, 0.1) is 6.92 Å². The molecule has 0 aliphatic carbocycles. The van der Waals surface area contributed by atoms with E-state index >= 15 is 0 Å². The number of amides is 1. The quantitative estimate of drug-likeness (QED) is 0.678. The molecule has 8 nitrogen and oxygen atoms in total. The Morgan fingerprint density at radius 1 is 1.28 bits per heavy atom. The van der Waals surface area contributed by atoms with Gasteiger partial charge in [0.1, 0.15) is 5.00 Å². The first kappa shape index (κ1) is 21.4. The number of aromatic nitrogens is 1. The number of ether oxygens (including phenoxy) is 3. The van der Waals surface area contributed by atoms with E-state index < -0.39 is 0 Å². The van der Waals surface area contributed by atoms with Gasteiger partial charge in [0.05, 0.1) is 44.7 Å². The molecule has 1 aromatic carbocycles. The fraction of sp³-hybridized carbons (Fsp3) is 0.500. The summed E-state index contributed by atoms with van der Waals surface area (Å²) < 4.78 is 20.6. The summed E-state index contributed by atoms with van der Waals surface area (Å²) in [6.45, 7) is 5.27. The van der Waals surface area contributed by atoms with Crippen molar-refractivity contribution >= 4 is 22.4 Å². The predicted molar refractivity (Wildman–Crippen MR) is 113 cm³/mol. The van der Waals surface area contributed by atoms with Gasteiger partial charge in [-0.25, -0.2) is 0 Å². The molecule has 0 radical (unpaired) electrons. The Kier molecular flexibility index (Phi) is 7.29. The monoisotopic (exact) mass is 420 g/mol. The minimum absolute atomic E-state index is 0.00686. The van der Waals surface area contributed by atoms with Crippen molar-refractivity contribution in [2.24, 2.45) is 0 Å². The highest BCUT2D eigenvalue weighted by Crippen LogP contribution is 2.32. The van der Waals surface area contributed by atoms with Crippen LogP contribution in [0.2, 0.25) is 0 Å². The van der Waals surface area contributed by atoms with Crippen LogP contribution >= 0.6 is 11.5 Å². The predicted octanol–water partition coefficient (Wildman–Crippen LogP) is 2.31. The van der Waals surface area contributed by atoms with E-state index in [1.165, 1.54) is 11.5 Å². The fourth-order valence-electron chi connectivity index (χ4n) is 3.49. The van der Waals surface area contributed by atoms with Gasteiger partial charge in [-0.15, -0.1) is 0 Å². The van der Waals surface area contributed by atoms with E-state index in [-0.39, 0.29) is 11.9 Å². The van der Waals surface area contributed by atoms with Crippen molar-refractivity contribution in [2.75, 3.05) is 59.4 Å². The van der Waals surface area contributed by atoms with Gasteiger partial charge >= 0.3 is 0 Å². The number of methoxy groups -OCH3 is 2. The molecular formula is C20H28N4O4S. The number of carbonyl (C=O) groups excluding carboxylic acids is 1. The summed E-state index contributed by atoms with van der Waals surface area (Å²) >= 11 is 1.29. The molecule has 2 aromatic rings. The standard InChI is InChI=1S/C20H28N4O4S/c1-13-18(20(21-2)29-23-13)19(25)22-12-15(24-7-9-28-10-8-24)14-5-6-16(26-3)17(11-14)27-4/h5-6,11,15,21H,7-10,12H2,1-4H3,(H,22,25). The van der Waals surface area contributed by atoms with Crippen LogP contribution in [0.25, 0.3) is 0 Å². The Hall–Kier alpha value is -2.36. The number of nitrogens with zero attached hydrogens (tertiary/aromatic N) is 2. The maximum Gasteiger partial charge on any atom is 0.256 e. The van der Waals surface area contributed by atoms with Crippen molar-refractivity contribution in [2.45, 2.75) is 13.0 Å². The summed E-state index contributed by atoms with van der Waals surface area (Å²) in [5.74, 6) is 1.23. The minimum Gasteiger partial charge on any atom is -0.493 e. The molecule has 0 spiro atoms. The third-order valence-corrected chi connectivity index (χ3v) is 6.01. The van der Waals surface area contributed by atoms with Crippen molar-refractivity contribution in [1.29, 1.82) is 0 Å². The maximum atomic E-state index is 12.9. The Morgan fingerprint density at radius 2 is 2.00 bits per heavy atom. The van der Waals surface area contributed by atoms with E-state index in [1.807, 2.05) is 25.1 Å². The summed E-state index contributed by atoms with van der Waals surface area (Å²) in [7, 11) is 5.04. The third-order valence-electron chi connectivity index (χ3n) is 5.05. The fourth-order valence-corrected chi connectivity index (χ4v) is 4.24. The van der Waals surface area contributed by atoms with Crippen LogP contribution in [0.1, 0.15) is 27.7 Å². The zero-order valence-electron chi connectivity index (χ0n) is 17.3. The smallest absolute Gasteiger partial charge is 0.256 e. The topological polar surface area (TPSA) is 85.0 Å². The Labute approximate surface area is 175 Å². The van der Waals surface area contributed by atoms with Crippen molar-refractivity contribution in [3.8, 4) is 11.5 Å². The molecule has 29 heavy (non-hydrogen) atoms. The molecule has 158 valence electrons. The van der Waals surface area contributed by atoms with Crippen LogP contribution in [0.4, 0.5) is 5.00 Å². The molecule has 1 amide bonds. The van der Waals surface area contributed by atoms with Gasteiger partial charge in [0.15, 0.2) is 11.5 Å². The van der Waals surface area contributed by atoms with E-state index in [2.05, 4.69) is 19.9 Å².